The molecule has 0 aromatic carbocycles. The largest absolute Gasteiger partial charge is 0.412 e. The second-order valence-electron chi connectivity index (χ2n) is 2.42. The van der Waals surface area contributed by atoms with Crippen molar-refractivity contribution in [2.75, 3.05) is 0 Å². The fourth-order valence-electron chi connectivity index (χ4n) is 0.908. The lowest BCUT2D eigenvalue weighted by atomic mass is 10.1. The molecular formula is C7H5Cl2F3. The summed E-state index contributed by atoms with van der Waals surface area (Å²) in [6.45, 7) is 0. The highest BCUT2D eigenvalue weighted by Gasteiger charge is 2.35. The van der Waals surface area contributed by atoms with Crippen LogP contribution in [0.1, 0.15) is 6.42 Å². The van der Waals surface area contributed by atoms with Gasteiger partial charge in [0.15, 0.2) is 0 Å². The fraction of sp³-hybridized carbons (Fsp3) is 0.429. The molecule has 0 radical (unpaired) electrons. The van der Waals surface area contributed by atoms with E-state index in [1.165, 1.54) is 6.08 Å². The highest BCUT2D eigenvalue weighted by atomic mass is 35.5. The molecule has 0 spiro atoms. The molecule has 0 nitrogen and oxygen atoms in total. The van der Waals surface area contributed by atoms with Gasteiger partial charge in [0.1, 0.15) is 0 Å². The van der Waals surface area contributed by atoms with Crippen molar-refractivity contribution in [3.05, 3.63) is 22.8 Å². The SMILES string of the molecule is FC(F)(F)C1=CC(Cl)C=C(Cl)C1. The van der Waals surface area contributed by atoms with E-state index in [-0.39, 0.29) is 11.5 Å². The number of alkyl halides is 4. The van der Waals surface area contributed by atoms with E-state index in [0.29, 0.717) is 0 Å². The van der Waals surface area contributed by atoms with E-state index >= 15 is 0 Å². The Morgan fingerprint density at radius 1 is 1.33 bits per heavy atom. The summed E-state index contributed by atoms with van der Waals surface area (Å²) in [4.78, 5) is 0. The van der Waals surface area contributed by atoms with Gasteiger partial charge in [-0.1, -0.05) is 17.7 Å². The van der Waals surface area contributed by atoms with Crippen LogP contribution < -0.4 is 0 Å². The van der Waals surface area contributed by atoms with Crippen LogP contribution in [0.3, 0.4) is 0 Å². The monoisotopic (exact) mass is 216 g/mol. The van der Waals surface area contributed by atoms with E-state index in [4.69, 9.17) is 23.2 Å². The molecule has 0 saturated heterocycles. The number of rotatable bonds is 0. The van der Waals surface area contributed by atoms with Crippen LogP contribution in [0.15, 0.2) is 22.8 Å². The Morgan fingerprint density at radius 3 is 2.33 bits per heavy atom. The first-order valence-electron chi connectivity index (χ1n) is 3.18. The molecule has 0 amide bonds. The zero-order valence-electron chi connectivity index (χ0n) is 5.83. The summed E-state index contributed by atoms with van der Waals surface area (Å²) in [5.41, 5.74) is -0.671. The summed E-state index contributed by atoms with van der Waals surface area (Å²) in [5.74, 6) is 0. The van der Waals surface area contributed by atoms with E-state index in [1.807, 2.05) is 0 Å². The first-order valence-corrected chi connectivity index (χ1v) is 3.99. The highest BCUT2D eigenvalue weighted by Crippen LogP contribution is 2.35. The lowest BCUT2D eigenvalue weighted by Gasteiger charge is -2.16. The Hall–Kier alpha value is -0.150. The summed E-state index contributed by atoms with van der Waals surface area (Å²) in [6.07, 6.45) is -2.23. The molecule has 68 valence electrons. The third kappa shape index (κ3) is 2.42. The van der Waals surface area contributed by atoms with E-state index in [2.05, 4.69) is 0 Å². The van der Waals surface area contributed by atoms with E-state index < -0.39 is 17.1 Å². The van der Waals surface area contributed by atoms with Gasteiger partial charge in [-0.25, -0.2) is 0 Å². The van der Waals surface area contributed by atoms with Crippen LogP contribution in [0.25, 0.3) is 0 Å². The quantitative estimate of drug-likeness (QED) is 0.429. The van der Waals surface area contributed by atoms with Crippen molar-refractivity contribution < 1.29 is 13.2 Å². The smallest absolute Gasteiger partial charge is 0.166 e. The van der Waals surface area contributed by atoms with Gasteiger partial charge in [-0.05, 0) is 6.08 Å². The minimum absolute atomic E-state index is 0.143. The van der Waals surface area contributed by atoms with Gasteiger partial charge in [0.25, 0.3) is 0 Å². The maximum absolute atomic E-state index is 12.1. The Labute approximate surface area is 77.6 Å². The summed E-state index contributed by atoms with van der Waals surface area (Å²) in [6, 6.07) is 0. The van der Waals surface area contributed by atoms with Crippen molar-refractivity contribution in [2.24, 2.45) is 0 Å². The predicted molar refractivity (Wildman–Crippen MR) is 42.3 cm³/mol. The predicted octanol–water partition coefficient (Wildman–Crippen LogP) is 3.61. The van der Waals surface area contributed by atoms with Crippen molar-refractivity contribution >= 4 is 23.2 Å². The normalized spacial score (nSPS) is 24.9. The molecule has 0 saturated carbocycles. The molecule has 0 aromatic heterocycles. The van der Waals surface area contributed by atoms with Crippen LogP contribution in [0.5, 0.6) is 0 Å². The fourth-order valence-corrected chi connectivity index (χ4v) is 1.56. The second-order valence-corrected chi connectivity index (χ2v) is 3.41. The number of allylic oxidation sites excluding steroid dienone is 4. The van der Waals surface area contributed by atoms with Gasteiger partial charge in [0, 0.05) is 17.0 Å². The minimum atomic E-state index is -4.32. The number of hydrogen-bond acceptors (Lipinski definition) is 0. The molecule has 1 rings (SSSR count). The van der Waals surface area contributed by atoms with Gasteiger partial charge in [-0.3, -0.25) is 0 Å². The van der Waals surface area contributed by atoms with Crippen LogP contribution in [0.4, 0.5) is 13.2 Å². The van der Waals surface area contributed by atoms with Gasteiger partial charge < -0.3 is 0 Å². The van der Waals surface area contributed by atoms with Gasteiger partial charge in [-0.2, -0.15) is 13.2 Å². The Bertz CT molecular complexity index is 240. The van der Waals surface area contributed by atoms with E-state index in [9.17, 15) is 13.2 Å². The minimum Gasteiger partial charge on any atom is -0.166 e. The molecule has 1 aliphatic carbocycles. The standard InChI is InChI=1S/C7H5Cl2F3/c8-5-1-4(7(10,11)12)2-6(9)3-5/h1,3,5H,2H2. The average Bonchev–Trinajstić information content (AvgIpc) is 1.82. The van der Waals surface area contributed by atoms with Crippen LogP contribution in [0, 0.1) is 0 Å². The Kier molecular flexibility index (Phi) is 2.74. The van der Waals surface area contributed by atoms with Crippen molar-refractivity contribution in [2.45, 2.75) is 18.0 Å². The maximum atomic E-state index is 12.1. The van der Waals surface area contributed by atoms with Crippen LogP contribution >= 0.6 is 23.2 Å². The van der Waals surface area contributed by atoms with Crippen LogP contribution in [0.2, 0.25) is 0 Å². The average molecular weight is 217 g/mol. The molecule has 0 heterocycles. The van der Waals surface area contributed by atoms with Gasteiger partial charge in [0.05, 0.1) is 5.38 Å². The van der Waals surface area contributed by atoms with E-state index in [1.54, 1.807) is 0 Å². The summed E-state index contributed by atoms with van der Waals surface area (Å²) in [5, 5.41) is -0.604. The molecule has 5 heteroatoms. The van der Waals surface area contributed by atoms with Crippen LogP contribution in [-0.4, -0.2) is 11.6 Å². The highest BCUT2D eigenvalue weighted by molar-refractivity contribution is 6.31. The zero-order valence-corrected chi connectivity index (χ0v) is 7.34. The lowest BCUT2D eigenvalue weighted by Crippen LogP contribution is -2.16. The molecular weight excluding hydrogens is 212 g/mol. The maximum Gasteiger partial charge on any atom is 0.412 e. The van der Waals surface area contributed by atoms with Crippen molar-refractivity contribution in [1.29, 1.82) is 0 Å². The third-order valence-corrected chi connectivity index (χ3v) is 1.94. The molecule has 0 bridgehead atoms. The molecule has 1 unspecified atom stereocenters. The summed E-state index contributed by atoms with van der Waals surface area (Å²) >= 11 is 10.9. The first kappa shape index (κ1) is 9.93. The Balaban J connectivity index is 2.83. The molecule has 0 fully saturated rings. The zero-order chi connectivity index (χ0) is 9.35. The first-order chi connectivity index (χ1) is 5.39. The van der Waals surface area contributed by atoms with Gasteiger partial charge in [-0.15, -0.1) is 11.6 Å². The van der Waals surface area contributed by atoms with Crippen molar-refractivity contribution in [3.63, 3.8) is 0 Å². The third-order valence-electron chi connectivity index (χ3n) is 1.42. The van der Waals surface area contributed by atoms with Gasteiger partial charge in [0.2, 0.25) is 0 Å². The van der Waals surface area contributed by atoms with Crippen LogP contribution in [-0.2, 0) is 0 Å². The molecule has 0 aliphatic heterocycles. The molecule has 12 heavy (non-hydrogen) atoms. The summed E-state index contributed by atoms with van der Waals surface area (Å²) in [7, 11) is 0. The number of halogens is 5. The molecule has 1 atom stereocenters. The molecule has 1 aliphatic rings. The van der Waals surface area contributed by atoms with Crippen molar-refractivity contribution in [1.82, 2.24) is 0 Å². The topological polar surface area (TPSA) is 0 Å². The molecule has 0 N–H and O–H groups in total. The Morgan fingerprint density at radius 2 is 1.92 bits per heavy atom. The van der Waals surface area contributed by atoms with Gasteiger partial charge >= 0.3 is 6.18 Å². The molecule has 0 aromatic rings. The second kappa shape index (κ2) is 3.30. The number of hydrogen-bond donors (Lipinski definition) is 0. The lowest BCUT2D eigenvalue weighted by molar-refractivity contribution is -0.0933. The summed E-state index contributed by atoms with van der Waals surface area (Å²) < 4.78 is 36.2. The van der Waals surface area contributed by atoms with Crippen molar-refractivity contribution in [3.8, 4) is 0 Å². The van der Waals surface area contributed by atoms with E-state index in [0.717, 1.165) is 6.08 Å².